The van der Waals surface area contributed by atoms with Gasteiger partial charge in [-0.1, -0.05) is 26.0 Å². The number of nitriles is 1. The molecule has 0 spiro atoms. The molecule has 1 aromatic heterocycles. The van der Waals surface area contributed by atoms with Crippen molar-refractivity contribution in [2.75, 3.05) is 4.90 Å². The summed E-state index contributed by atoms with van der Waals surface area (Å²) < 4.78 is 0. The Morgan fingerprint density at radius 1 is 1.26 bits per heavy atom. The fraction of sp³-hybridized carbons (Fsp3) is 0.304. The summed E-state index contributed by atoms with van der Waals surface area (Å²) in [6, 6.07) is 12.4. The highest BCUT2D eigenvalue weighted by Gasteiger charge is 2.46. The molecule has 0 saturated carbocycles. The lowest BCUT2D eigenvalue weighted by atomic mass is 9.69. The summed E-state index contributed by atoms with van der Waals surface area (Å²) in [6.45, 7) is 5.96. The SMILES string of the molecule is Cc1ccc(C2C(C#N)=C(N)N(c3ccccc3[N+](=O)[O-])C3=C2C(=O)CC(C)(C)C3)s1. The third-order valence-corrected chi connectivity index (χ3v) is 6.81. The largest absolute Gasteiger partial charge is 0.384 e. The standard InChI is InChI=1S/C23H22N4O3S/c1-13-8-9-19(31-13)20-14(12-24)22(25)26(15-6-4-5-7-16(15)27(29)30)17-10-23(2,3)11-18(28)21(17)20/h4-9,20H,10-11,25H2,1-3H3. The normalized spacial score (nSPS) is 20.5. The van der Waals surface area contributed by atoms with Crippen molar-refractivity contribution in [2.45, 2.75) is 39.5 Å². The Bertz CT molecular complexity index is 1220. The number of para-hydroxylation sites is 2. The van der Waals surface area contributed by atoms with E-state index in [0.29, 0.717) is 24.1 Å². The molecule has 0 radical (unpaired) electrons. The van der Waals surface area contributed by atoms with Crippen molar-refractivity contribution >= 4 is 28.5 Å². The van der Waals surface area contributed by atoms with Crippen molar-refractivity contribution in [2.24, 2.45) is 11.1 Å². The molecular formula is C23H22N4O3S. The van der Waals surface area contributed by atoms with E-state index >= 15 is 0 Å². The average molecular weight is 435 g/mol. The van der Waals surface area contributed by atoms with E-state index in [-0.39, 0.29) is 34.0 Å². The van der Waals surface area contributed by atoms with E-state index in [4.69, 9.17) is 5.73 Å². The fourth-order valence-corrected chi connectivity index (χ4v) is 5.48. The summed E-state index contributed by atoms with van der Waals surface area (Å²) in [5.41, 5.74) is 7.73. The first-order valence-electron chi connectivity index (χ1n) is 9.90. The van der Waals surface area contributed by atoms with Crippen LogP contribution in [0.15, 0.2) is 59.1 Å². The van der Waals surface area contributed by atoms with Gasteiger partial charge in [-0.3, -0.25) is 19.8 Å². The van der Waals surface area contributed by atoms with Crippen molar-refractivity contribution in [1.82, 2.24) is 0 Å². The number of nitro benzene ring substituents is 1. The Morgan fingerprint density at radius 3 is 2.58 bits per heavy atom. The predicted octanol–water partition coefficient (Wildman–Crippen LogP) is 4.91. The third kappa shape index (κ3) is 3.41. The maximum atomic E-state index is 13.4. The molecule has 1 aliphatic heterocycles. The molecule has 1 unspecified atom stereocenters. The van der Waals surface area contributed by atoms with E-state index in [0.717, 1.165) is 9.75 Å². The van der Waals surface area contributed by atoms with Gasteiger partial charge in [0.2, 0.25) is 0 Å². The van der Waals surface area contributed by atoms with Gasteiger partial charge in [-0.15, -0.1) is 11.3 Å². The van der Waals surface area contributed by atoms with Gasteiger partial charge >= 0.3 is 0 Å². The van der Waals surface area contributed by atoms with Gasteiger partial charge in [0, 0.05) is 33.5 Å². The highest BCUT2D eigenvalue weighted by Crippen LogP contribution is 2.52. The Hall–Kier alpha value is -3.44. The molecule has 0 fully saturated rings. The van der Waals surface area contributed by atoms with Gasteiger partial charge in [0.05, 0.1) is 22.5 Å². The summed E-state index contributed by atoms with van der Waals surface area (Å²) in [7, 11) is 0. The van der Waals surface area contributed by atoms with Gasteiger partial charge in [0.25, 0.3) is 5.69 Å². The van der Waals surface area contributed by atoms with Crippen LogP contribution in [-0.2, 0) is 4.79 Å². The first kappa shape index (κ1) is 20.8. The first-order chi connectivity index (χ1) is 14.6. The zero-order chi connectivity index (χ0) is 22.5. The van der Waals surface area contributed by atoms with Crippen molar-refractivity contribution in [3.05, 3.63) is 78.9 Å². The van der Waals surface area contributed by atoms with E-state index in [1.807, 2.05) is 32.9 Å². The molecule has 7 nitrogen and oxygen atoms in total. The summed E-state index contributed by atoms with van der Waals surface area (Å²) >= 11 is 1.52. The quantitative estimate of drug-likeness (QED) is 0.543. The number of allylic oxidation sites excluding steroid dienone is 3. The molecule has 1 aromatic carbocycles. The van der Waals surface area contributed by atoms with Crippen molar-refractivity contribution in [3.63, 3.8) is 0 Å². The zero-order valence-electron chi connectivity index (χ0n) is 17.5. The van der Waals surface area contributed by atoms with Crippen LogP contribution in [0.2, 0.25) is 0 Å². The number of thiophene rings is 1. The second-order valence-electron chi connectivity index (χ2n) is 8.67. The molecule has 2 aromatic rings. The Labute approximate surface area is 184 Å². The highest BCUT2D eigenvalue weighted by molar-refractivity contribution is 7.12. The number of carbonyl (C=O) groups excluding carboxylic acids is 1. The van der Waals surface area contributed by atoms with Gasteiger partial charge in [0.15, 0.2) is 5.78 Å². The number of aryl methyl sites for hydroxylation is 1. The van der Waals surface area contributed by atoms with Gasteiger partial charge < -0.3 is 5.73 Å². The van der Waals surface area contributed by atoms with Gasteiger partial charge in [-0.25, -0.2) is 0 Å². The maximum Gasteiger partial charge on any atom is 0.293 e. The van der Waals surface area contributed by atoms with Crippen molar-refractivity contribution in [1.29, 1.82) is 5.26 Å². The molecule has 0 bridgehead atoms. The number of nitrogens with zero attached hydrogens (tertiary/aromatic N) is 3. The summed E-state index contributed by atoms with van der Waals surface area (Å²) in [5, 5.41) is 21.8. The Balaban J connectivity index is 2.04. The number of carbonyl (C=O) groups is 1. The number of ketones is 1. The van der Waals surface area contributed by atoms with Crippen LogP contribution in [0.3, 0.4) is 0 Å². The number of anilines is 1. The molecule has 0 saturated heterocycles. The van der Waals surface area contributed by atoms with Crippen LogP contribution in [0.1, 0.15) is 42.4 Å². The molecule has 2 aliphatic rings. The van der Waals surface area contributed by atoms with Crippen LogP contribution in [-0.4, -0.2) is 10.7 Å². The number of nitrogens with two attached hydrogens (primary N) is 1. The average Bonchev–Trinajstić information content (AvgIpc) is 3.12. The van der Waals surface area contributed by atoms with Gasteiger partial charge in [-0.05, 0) is 37.0 Å². The minimum Gasteiger partial charge on any atom is -0.384 e. The van der Waals surface area contributed by atoms with E-state index in [1.54, 1.807) is 23.1 Å². The molecule has 2 heterocycles. The Morgan fingerprint density at radius 2 is 1.97 bits per heavy atom. The number of Topliss-reactive ketones (excluding diaryl/α,β-unsaturated/α-hetero) is 1. The number of hydrogen-bond donors (Lipinski definition) is 1. The van der Waals surface area contributed by atoms with Crippen molar-refractivity contribution in [3.8, 4) is 6.07 Å². The molecule has 4 rings (SSSR count). The second-order valence-corrected chi connectivity index (χ2v) is 9.99. The van der Waals surface area contributed by atoms with E-state index in [9.17, 15) is 20.2 Å². The maximum absolute atomic E-state index is 13.4. The van der Waals surface area contributed by atoms with Crippen LogP contribution in [0.4, 0.5) is 11.4 Å². The monoisotopic (exact) mass is 434 g/mol. The molecule has 158 valence electrons. The third-order valence-electron chi connectivity index (χ3n) is 5.75. The Kier molecular flexibility index (Phi) is 4.94. The van der Waals surface area contributed by atoms with E-state index in [1.165, 1.54) is 17.4 Å². The van der Waals surface area contributed by atoms with Crippen molar-refractivity contribution < 1.29 is 9.72 Å². The van der Waals surface area contributed by atoms with E-state index < -0.39 is 10.8 Å². The molecule has 1 aliphatic carbocycles. The van der Waals surface area contributed by atoms with Crippen LogP contribution in [0.5, 0.6) is 0 Å². The number of benzene rings is 1. The van der Waals surface area contributed by atoms with Crippen LogP contribution >= 0.6 is 11.3 Å². The second kappa shape index (κ2) is 7.36. The summed E-state index contributed by atoms with van der Waals surface area (Å²) in [4.78, 5) is 28.2. The number of rotatable bonds is 3. The van der Waals surface area contributed by atoms with Crippen LogP contribution in [0.25, 0.3) is 0 Å². The lowest BCUT2D eigenvalue weighted by molar-refractivity contribution is -0.384. The topological polar surface area (TPSA) is 113 Å². The number of hydrogen-bond acceptors (Lipinski definition) is 7. The lowest BCUT2D eigenvalue weighted by Crippen LogP contribution is -2.42. The molecule has 2 N–H and O–H groups in total. The molecular weight excluding hydrogens is 412 g/mol. The molecule has 0 amide bonds. The van der Waals surface area contributed by atoms with Crippen LogP contribution < -0.4 is 10.6 Å². The van der Waals surface area contributed by atoms with Gasteiger partial charge in [-0.2, -0.15) is 5.26 Å². The fourth-order valence-electron chi connectivity index (χ4n) is 4.48. The van der Waals surface area contributed by atoms with E-state index in [2.05, 4.69) is 6.07 Å². The predicted molar refractivity (Wildman–Crippen MR) is 119 cm³/mol. The highest BCUT2D eigenvalue weighted by atomic mass is 32.1. The first-order valence-corrected chi connectivity index (χ1v) is 10.7. The number of nitro groups is 1. The zero-order valence-corrected chi connectivity index (χ0v) is 18.3. The smallest absolute Gasteiger partial charge is 0.293 e. The molecule has 31 heavy (non-hydrogen) atoms. The summed E-state index contributed by atoms with van der Waals surface area (Å²) in [6.07, 6.45) is 0.858. The minimum atomic E-state index is -0.554. The molecule has 1 atom stereocenters. The van der Waals surface area contributed by atoms with Crippen LogP contribution in [0, 0.1) is 33.8 Å². The molecule has 8 heteroatoms. The lowest BCUT2D eigenvalue weighted by Gasteiger charge is -2.43. The summed E-state index contributed by atoms with van der Waals surface area (Å²) in [5.74, 6) is -0.468. The van der Waals surface area contributed by atoms with Gasteiger partial charge in [0.1, 0.15) is 11.5 Å². The minimum absolute atomic E-state index is 0.0499.